The van der Waals surface area contributed by atoms with Gasteiger partial charge in [0.25, 0.3) is 0 Å². The number of fused-ring (bicyclic) bond motifs is 1. The number of benzene rings is 1. The summed E-state index contributed by atoms with van der Waals surface area (Å²) in [6.07, 6.45) is -2.15. The minimum Gasteiger partial charge on any atom is -0.387 e. The summed E-state index contributed by atoms with van der Waals surface area (Å²) >= 11 is 1.57. The summed E-state index contributed by atoms with van der Waals surface area (Å²) in [5, 5.41) is 10.5. The van der Waals surface area contributed by atoms with Gasteiger partial charge < -0.3 is 24.1 Å². The number of hydrogen-bond acceptors (Lipinski definition) is 6. The summed E-state index contributed by atoms with van der Waals surface area (Å²) in [4.78, 5) is 0. The van der Waals surface area contributed by atoms with Crippen molar-refractivity contribution in [1.29, 1.82) is 0 Å². The van der Waals surface area contributed by atoms with E-state index < -0.39 is 18.5 Å². The molecule has 0 amide bonds. The Morgan fingerprint density at radius 3 is 2.73 bits per heavy atom. The van der Waals surface area contributed by atoms with Gasteiger partial charge in [-0.15, -0.1) is 11.8 Å². The fourth-order valence-electron chi connectivity index (χ4n) is 2.92. The van der Waals surface area contributed by atoms with Crippen LogP contribution < -0.4 is 0 Å². The van der Waals surface area contributed by atoms with Gasteiger partial charge in [-0.05, 0) is 5.75 Å². The molecule has 0 aromatic heterocycles. The largest absolute Gasteiger partial charge is 0.387 e. The molecule has 0 aliphatic carbocycles. The SMILES string of the molecule is CCS[C@@H]1O[C@@H]2COC(c3ccccc3)O[C@H]2[C@H](OC)[C@H]1O. The van der Waals surface area contributed by atoms with Crippen LogP contribution in [0.1, 0.15) is 18.8 Å². The van der Waals surface area contributed by atoms with Crippen molar-refractivity contribution in [2.75, 3.05) is 19.5 Å². The zero-order valence-electron chi connectivity index (χ0n) is 12.8. The van der Waals surface area contributed by atoms with Crippen LogP contribution in [0.4, 0.5) is 0 Å². The minimum atomic E-state index is -0.717. The Hall–Kier alpha value is -0.630. The summed E-state index contributed by atoms with van der Waals surface area (Å²) in [7, 11) is 1.60. The molecule has 0 spiro atoms. The number of hydrogen-bond donors (Lipinski definition) is 1. The lowest BCUT2D eigenvalue weighted by molar-refractivity contribution is -0.321. The fraction of sp³-hybridized carbons (Fsp3) is 0.625. The van der Waals surface area contributed by atoms with Gasteiger partial charge >= 0.3 is 0 Å². The number of methoxy groups -OCH3 is 1. The highest BCUT2D eigenvalue weighted by atomic mass is 32.2. The molecule has 122 valence electrons. The third-order valence-electron chi connectivity index (χ3n) is 3.98. The highest BCUT2D eigenvalue weighted by molar-refractivity contribution is 7.99. The summed E-state index contributed by atoms with van der Waals surface area (Å²) in [6, 6.07) is 9.77. The van der Waals surface area contributed by atoms with Gasteiger partial charge in [-0.25, -0.2) is 0 Å². The molecule has 22 heavy (non-hydrogen) atoms. The number of thioether (sulfide) groups is 1. The van der Waals surface area contributed by atoms with Crippen LogP contribution in [0.5, 0.6) is 0 Å². The molecule has 1 aromatic rings. The number of rotatable bonds is 4. The standard InChI is InChI=1S/C16H22O5S/c1-3-22-16-12(17)14(18-2)13-11(20-16)9-19-15(21-13)10-7-5-4-6-8-10/h4-8,11-17H,3,9H2,1-2H3/t11-,12-,13-,14-,15?,16+/m1/s1. The van der Waals surface area contributed by atoms with Crippen molar-refractivity contribution in [2.24, 2.45) is 0 Å². The first-order chi connectivity index (χ1) is 10.7. The third kappa shape index (κ3) is 3.18. The molecule has 2 heterocycles. The van der Waals surface area contributed by atoms with E-state index in [0.29, 0.717) is 6.61 Å². The third-order valence-corrected chi connectivity index (χ3v) is 5.03. The molecule has 3 rings (SSSR count). The van der Waals surface area contributed by atoms with Crippen molar-refractivity contribution in [1.82, 2.24) is 0 Å². The van der Waals surface area contributed by atoms with Crippen LogP contribution in [-0.4, -0.2) is 54.4 Å². The van der Waals surface area contributed by atoms with Gasteiger partial charge in [-0.3, -0.25) is 0 Å². The van der Waals surface area contributed by atoms with Crippen LogP contribution in [0.15, 0.2) is 30.3 Å². The lowest BCUT2D eigenvalue weighted by Gasteiger charge is -2.47. The van der Waals surface area contributed by atoms with Gasteiger partial charge in [0.15, 0.2) is 6.29 Å². The molecule has 5 nitrogen and oxygen atoms in total. The smallest absolute Gasteiger partial charge is 0.184 e. The predicted octanol–water partition coefficient (Wildman–Crippen LogP) is 1.95. The topological polar surface area (TPSA) is 57.2 Å². The fourth-order valence-corrected chi connectivity index (χ4v) is 3.82. The van der Waals surface area contributed by atoms with Crippen molar-refractivity contribution in [3.05, 3.63) is 35.9 Å². The molecule has 2 fully saturated rings. The molecule has 1 N–H and O–H groups in total. The first kappa shape index (κ1) is 16.2. The summed E-state index contributed by atoms with van der Waals surface area (Å²) < 4.78 is 23.3. The van der Waals surface area contributed by atoms with Crippen molar-refractivity contribution < 1.29 is 24.1 Å². The first-order valence-corrected chi connectivity index (χ1v) is 8.59. The zero-order chi connectivity index (χ0) is 15.5. The van der Waals surface area contributed by atoms with Gasteiger partial charge in [0.1, 0.15) is 29.9 Å². The van der Waals surface area contributed by atoms with Crippen molar-refractivity contribution in [2.45, 2.75) is 43.1 Å². The minimum absolute atomic E-state index is 0.225. The van der Waals surface area contributed by atoms with Crippen molar-refractivity contribution in [3.8, 4) is 0 Å². The van der Waals surface area contributed by atoms with E-state index in [1.165, 1.54) is 0 Å². The average molecular weight is 326 g/mol. The van der Waals surface area contributed by atoms with Crippen molar-refractivity contribution in [3.63, 3.8) is 0 Å². The van der Waals surface area contributed by atoms with Crippen LogP contribution in [0.2, 0.25) is 0 Å². The van der Waals surface area contributed by atoms with Crippen LogP contribution in [0.3, 0.4) is 0 Å². The lowest BCUT2D eigenvalue weighted by atomic mass is 9.98. The molecule has 0 radical (unpaired) electrons. The summed E-state index contributed by atoms with van der Waals surface area (Å²) in [5.41, 5.74) is 0.645. The van der Waals surface area contributed by atoms with E-state index in [9.17, 15) is 5.11 Å². The van der Waals surface area contributed by atoms with E-state index in [4.69, 9.17) is 18.9 Å². The maximum absolute atomic E-state index is 10.5. The summed E-state index contributed by atoms with van der Waals surface area (Å²) in [6.45, 7) is 2.46. The van der Waals surface area contributed by atoms with Crippen molar-refractivity contribution >= 4 is 11.8 Å². The second-order valence-corrected chi connectivity index (χ2v) is 6.74. The second-order valence-electron chi connectivity index (χ2n) is 5.37. The van der Waals surface area contributed by atoms with E-state index in [2.05, 4.69) is 0 Å². The molecule has 1 unspecified atom stereocenters. The highest BCUT2D eigenvalue weighted by Gasteiger charge is 2.49. The maximum Gasteiger partial charge on any atom is 0.184 e. The Bertz CT molecular complexity index is 471. The molecular weight excluding hydrogens is 304 g/mol. The van der Waals surface area contributed by atoms with E-state index in [-0.39, 0.29) is 17.6 Å². The van der Waals surface area contributed by atoms with Crippen LogP contribution in [0.25, 0.3) is 0 Å². The first-order valence-electron chi connectivity index (χ1n) is 7.54. The monoisotopic (exact) mass is 326 g/mol. The molecule has 1 aromatic carbocycles. The van der Waals surface area contributed by atoms with Gasteiger partial charge in [0.05, 0.1) is 6.61 Å². The predicted molar refractivity (Wildman–Crippen MR) is 83.6 cm³/mol. The highest BCUT2D eigenvalue weighted by Crippen LogP contribution is 2.37. The van der Waals surface area contributed by atoms with Gasteiger partial charge in [0, 0.05) is 12.7 Å². The molecule has 0 saturated carbocycles. The molecule has 0 bridgehead atoms. The molecule has 2 saturated heterocycles. The molecule has 6 atom stereocenters. The summed E-state index contributed by atoms with van der Waals surface area (Å²) in [5.74, 6) is 0.865. The Morgan fingerprint density at radius 2 is 2.05 bits per heavy atom. The Labute approximate surface area is 134 Å². The zero-order valence-corrected chi connectivity index (χ0v) is 13.6. The van der Waals surface area contributed by atoms with Gasteiger partial charge in [-0.2, -0.15) is 0 Å². The molecular formula is C16H22O5S. The maximum atomic E-state index is 10.5. The van der Waals surface area contributed by atoms with E-state index in [1.807, 2.05) is 37.3 Å². The van der Waals surface area contributed by atoms with Crippen LogP contribution in [-0.2, 0) is 18.9 Å². The normalized spacial score (nSPS) is 38.5. The van der Waals surface area contributed by atoms with E-state index in [1.54, 1.807) is 18.9 Å². The van der Waals surface area contributed by atoms with E-state index >= 15 is 0 Å². The quantitative estimate of drug-likeness (QED) is 0.913. The average Bonchev–Trinajstić information content (AvgIpc) is 2.56. The van der Waals surface area contributed by atoms with E-state index in [0.717, 1.165) is 11.3 Å². The molecule has 2 aliphatic rings. The number of ether oxygens (including phenoxy) is 4. The molecule has 6 heteroatoms. The number of aliphatic hydroxyl groups excluding tert-OH is 1. The Balaban J connectivity index is 1.75. The second kappa shape index (κ2) is 7.29. The molecule has 2 aliphatic heterocycles. The van der Waals surface area contributed by atoms with Gasteiger partial charge in [-0.1, -0.05) is 37.3 Å². The van der Waals surface area contributed by atoms with Crippen LogP contribution >= 0.6 is 11.8 Å². The lowest BCUT2D eigenvalue weighted by Crippen LogP contribution is -2.61. The Kier molecular flexibility index (Phi) is 5.38. The van der Waals surface area contributed by atoms with Crippen LogP contribution in [0, 0.1) is 0 Å². The van der Waals surface area contributed by atoms with Gasteiger partial charge in [0.2, 0.25) is 0 Å². The Morgan fingerprint density at radius 1 is 1.27 bits per heavy atom. The number of aliphatic hydroxyl groups is 1.